The van der Waals surface area contributed by atoms with Crippen molar-refractivity contribution in [3.8, 4) is 0 Å². The number of nitrogens with zero attached hydrogens (tertiary/aromatic N) is 1. The number of carbonyl (C=O) groups excluding carboxylic acids is 2. The van der Waals surface area contributed by atoms with E-state index in [4.69, 9.17) is 16.3 Å². The van der Waals surface area contributed by atoms with Gasteiger partial charge < -0.3 is 10.1 Å². The van der Waals surface area contributed by atoms with Gasteiger partial charge in [-0.05, 0) is 58.7 Å². The summed E-state index contributed by atoms with van der Waals surface area (Å²) in [5, 5.41) is 2.10. The molecule has 1 aliphatic heterocycles. The fourth-order valence-corrected chi connectivity index (χ4v) is 4.88. The highest BCUT2D eigenvalue weighted by molar-refractivity contribution is 7.89. The van der Waals surface area contributed by atoms with Gasteiger partial charge in [0.05, 0.1) is 21.4 Å². The SMILES string of the molecule is CC(OC(=O)C1CCN(S(=O)(=O)c2ccc(Cl)c(C(F)(F)F)c2)CC1)C(=O)NC(C)(C)C. The van der Waals surface area contributed by atoms with Gasteiger partial charge in [-0.3, -0.25) is 9.59 Å². The third-order valence-electron chi connectivity index (χ3n) is 4.83. The van der Waals surface area contributed by atoms with Crippen LogP contribution in [0.1, 0.15) is 46.1 Å². The van der Waals surface area contributed by atoms with Crippen LogP contribution in [0, 0.1) is 5.92 Å². The monoisotopic (exact) mass is 498 g/mol. The largest absolute Gasteiger partial charge is 0.452 e. The Balaban J connectivity index is 2.03. The van der Waals surface area contributed by atoms with Crippen LogP contribution < -0.4 is 5.32 Å². The number of piperidine rings is 1. The maximum atomic E-state index is 13.1. The van der Waals surface area contributed by atoms with E-state index in [9.17, 15) is 31.2 Å². The lowest BCUT2D eigenvalue weighted by Crippen LogP contribution is -2.47. The molecule has 0 radical (unpaired) electrons. The highest BCUT2D eigenvalue weighted by Gasteiger charge is 2.37. The van der Waals surface area contributed by atoms with E-state index in [1.54, 1.807) is 20.8 Å². The number of alkyl halides is 3. The van der Waals surface area contributed by atoms with Gasteiger partial charge in [0, 0.05) is 18.6 Å². The van der Waals surface area contributed by atoms with Crippen LogP contribution in [0.25, 0.3) is 0 Å². The van der Waals surface area contributed by atoms with E-state index < -0.39 is 61.1 Å². The summed E-state index contributed by atoms with van der Waals surface area (Å²) in [7, 11) is -4.21. The number of ether oxygens (including phenoxy) is 1. The Morgan fingerprint density at radius 1 is 1.19 bits per heavy atom. The lowest BCUT2D eigenvalue weighted by Gasteiger charge is -2.31. The Morgan fingerprint density at radius 3 is 2.25 bits per heavy atom. The summed E-state index contributed by atoms with van der Waals surface area (Å²) in [6.45, 7) is 6.65. The lowest BCUT2D eigenvalue weighted by atomic mass is 9.98. The van der Waals surface area contributed by atoms with E-state index >= 15 is 0 Å². The molecule has 1 saturated heterocycles. The Bertz CT molecular complexity index is 968. The zero-order chi connectivity index (χ0) is 24.5. The van der Waals surface area contributed by atoms with E-state index in [0.717, 1.165) is 16.4 Å². The first-order valence-electron chi connectivity index (χ1n) is 9.92. The number of nitrogens with one attached hydrogen (secondary N) is 1. The predicted molar refractivity (Wildman–Crippen MR) is 111 cm³/mol. The molecule has 0 spiro atoms. The summed E-state index contributed by atoms with van der Waals surface area (Å²) >= 11 is 5.56. The number of sulfonamides is 1. The van der Waals surface area contributed by atoms with Crippen LogP contribution in [-0.2, 0) is 30.5 Å². The Morgan fingerprint density at radius 2 is 1.75 bits per heavy atom. The smallest absolute Gasteiger partial charge is 0.417 e. The molecule has 7 nitrogen and oxygen atoms in total. The van der Waals surface area contributed by atoms with Gasteiger partial charge in [0.1, 0.15) is 0 Å². The molecule has 1 aliphatic rings. The van der Waals surface area contributed by atoms with Gasteiger partial charge >= 0.3 is 12.1 Å². The minimum Gasteiger partial charge on any atom is -0.452 e. The van der Waals surface area contributed by atoms with E-state index in [0.29, 0.717) is 6.07 Å². The van der Waals surface area contributed by atoms with Crippen molar-refractivity contribution in [1.82, 2.24) is 9.62 Å². The van der Waals surface area contributed by atoms with Gasteiger partial charge in [-0.15, -0.1) is 0 Å². The standard InChI is InChI=1S/C20H26ClF3N2O5S/c1-12(17(27)25-19(2,3)4)31-18(28)13-7-9-26(10-8-13)32(29,30)14-5-6-16(21)15(11-14)20(22,23)24/h5-6,11-13H,7-10H2,1-4H3,(H,25,27). The highest BCUT2D eigenvalue weighted by atomic mass is 35.5. The minimum atomic E-state index is -4.80. The van der Waals surface area contributed by atoms with Gasteiger partial charge in [0.2, 0.25) is 10.0 Å². The molecule has 1 heterocycles. The zero-order valence-corrected chi connectivity index (χ0v) is 19.7. The number of rotatable bonds is 5. The predicted octanol–water partition coefficient (Wildman–Crippen LogP) is 3.61. The van der Waals surface area contributed by atoms with Crippen LogP contribution in [0.4, 0.5) is 13.2 Å². The van der Waals surface area contributed by atoms with Crippen molar-refractivity contribution in [2.75, 3.05) is 13.1 Å². The van der Waals surface area contributed by atoms with Crippen LogP contribution in [0.5, 0.6) is 0 Å². The quantitative estimate of drug-likeness (QED) is 0.626. The summed E-state index contributed by atoms with van der Waals surface area (Å²) in [4.78, 5) is 23.9. The van der Waals surface area contributed by atoms with Crippen molar-refractivity contribution in [2.45, 2.75) is 63.3 Å². The number of halogens is 4. The topological polar surface area (TPSA) is 92.8 Å². The summed E-state index contributed by atoms with van der Waals surface area (Å²) in [6, 6.07) is 2.42. The molecule has 1 aromatic carbocycles. The molecular weight excluding hydrogens is 473 g/mol. The van der Waals surface area contributed by atoms with Crippen molar-refractivity contribution >= 4 is 33.5 Å². The molecule has 0 aliphatic carbocycles. The number of benzene rings is 1. The number of amides is 1. The van der Waals surface area contributed by atoms with Crippen LogP contribution >= 0.6 is 11.6 Å². The first kappa shape index (κ1) is 26.4. The van der Waals surface area contributed by atoms with Crippen molar-refractivity contribution in [1.29, 1.82) is 0 Å². The fourth-order valence-electron chi connectivity index (χ4n) is 3.16. The van der Waals surface area contributed by atoms with Crippen molar-refractivity contribution < 1.29 is 35.9 Å². The molecule has 1 N–H and O–H groups in total. The molecule has 1 atom stereocenters. The van der Waals surface area contributed by atoms with Gasteiger partial charge in [0.25, 0.3) is 5.91 Å². The van der Waals surface area contributed by atoms with Gasteiger partial charge in [-0.2, -0.15) is 17.5 Å². The van der Waals surface area contributed by atoms with Gasteiger partial charge in [-0.1, -0.05) is 11.6 Å². The van der Waals surface area contributed by atoms with E-state index in [1.807, 2.05) is 0 Å². The Kier molecular flexibility index (Phi) is 7.89. The molecule has 2 rings (SSSR count). The molecule has 0 bridgehead atoms. The summed E-state index contributed by atoms with van der Waals surface area (Å²) in [5.74, 6) is -1.69. The van der Waals surface area contributed by atoms with Gasteiger partial charge in [0.15, 0.2) is 6.10 Å². The first-order valence-corrected chi connectivity index (χ1v) is 11.7. The summed E-state index contributed by atoms with van der Waals surface area (Å²) in [5.41, 5.74) is -1.73. The first-order chi connectivity index (χ1) is 14.5. The van der Waals surface area contributed by atoms with Crippen molar-refractivity contribution in [3.63, 3.8) is 0 Å². The Labute approximate surface area is 190 Å². The Hall–Kier alpha value is -1.85. The van der Waals surface area contributed by atoms with Crippen LogP contribution in [0.2, 0.25) is 5.02 Å². The van der Waals surface area contributed by atoms with E-state index in [2.05, 4.69) is 5.32 Å². The second-order valence-electron chi connectivity index (χ2n) is 8.64. The molecule has 180 valence electrons. The molecule has 1 amide bonds. The molecule has 1 unspecified atom stereocenters. The molecule has 12 heteroatoms. The maximum absolute atomic E-state index is 13.1. The highest BCUT2D eigenvalue weighted by Crippen LogP contribution is 2.36. The molecule has 32 heavy (non-hydrogen) atoms. The zero-order valence-electron chi connectivity index (χ0n) is 18.1. The summed E-state index contributed by atoms with van der Waals surface area (Å²) in [6.07, 6.45) is -5.58. The molecule has 1 fully saturated rings. The lowest BCUT2D eigenvalue weighted by molar-refractivity contribution is -0.160. The molecular formula is C20H26ClF3N2O5S. The molecule has 1 aromatic rings. The third kappa shape index (κ3) is 6.58. The van der Waals surface area contributed by atoms with Crippen LogP contribution in [0.15, 0.2) is 23.1 Å². The van der Waals surface area contributed by atoms with E-state index in [1.165, 1.54) is 6.92 Å². The van der Waals surface area contributed by atoms with Crippen LogP contribution in [-0.4, -0.2) is 49.3 Å². The second-order valence-corrected chi connectivity index (χ2v) is 11.0. The van der Waals surface area contributed by atoms with Gasteiger partial charge in [-0.25, -0.2) is 8.42 Å². The molecule has 0 aromatic heterocycles. The maximum Gasteiger partial charge on any atom is 0.417 e. The number of carbonyl (C=O) groups is 2. The number of hydrogen-bond acceptors (Lipinski definition) is 5. The average molecular weight is 499 g/mol. The minimum absolute atomic E-state index is 0.0748. The fraction of sp³-hybridized carbons (Fsp3) is 0.600. The second kappa shape index (κ2) is 9.56. The van der Waals surface area contributed by atoms with Crippen molar-refractivity contribution in [2.24, 2.45) is 5.92 Å². The normalized spacial score (nSPS) is 17.6. The van der Waals surface area contributed by atoms with Crippen molar-refractivity contribution in [3.05, 3.63) is 28.8 Å². The van der Waals surface area contributed by atoms with E-state index in [-0.39, 0.29) is 25.9 Å². The summed E-state index contributed by atoms with van der Waals surface area (Å²) < 4.78 is 71.1. The third-order valence-corrected chi connectivity index (χ3v) is 7.05. The van der Waals surface area contributed by atoms with Crippen LogP contribution in [0.3, 0.4) is 0 Å². The number of esters is 1. The number of hydrogen-bond donors (Lipinski definition) is 1. The molecule has 0 saturated carbocycles. The average Bonchev–Trinajstić information content (AvgIpc) is 2.66.